The average molecular weight is 331 g/mol. The van der Waals surface area contributed by atoms with Crippen LogP contribution in [0.2, 0.25) is 10.0 Å². The number of anilines is 1. The lowest BCUT2D eigenvalue weighted by atomic mass is 10.3. The van der Waals surface area contributed by atoms with E-state index in [0.717, 1.165) is 0 Å². The second-order valence-electron chi connectivity index (χ2n) is 3.75. The van der Waals surface area contributed by atoms with E-state index >= 15 is 0 Å². The summed E-state index contributed by atoms with van der Waals surface area (Å²) in [5.74, 6) is -0.829. The third kappa shape index (κ3) is 4.10. The van der Waals surface area contributed by atoms with Crippen LogP contribution in [0.3, 0.4) is 0 Å². The number of hydrogen-bond donors (Lipinski definition) is 1. The summed E-state index contributed by atoms with van der Waals surface area (Å²) >= 11 is 12.8. The number of carbonyl (C=O) groups excluding carboxylic acids is 1. The molecule has 1 heterocycles. The number of nitrogens with zero attached hydrogens (tertiary/aromatic N) is 1. The zero-order valence-electron chi connectivity index (χ0n) is 10.1. The zero-order chi connectivity index (χ0) is 14.5. The van der Waals surface area contributed by atoms with Crippen molar-refractivity contribution in [1.29, 1.82) is 0 Å². The molecule has 0 saturated heterocycles. The van der Waals surface area contributed by atoms with Gasteiger partial charge in [-0.05, 0) is 30.3 Å². The van der Waals surface area contributed by atoms with E-state index in [-0.39, 0.29) is 17.3 Å². The molecule has 1 aromatic heterocycles. The molecule has 0 fully saturated rings. The number of thioether (sulfide) groups is 1. The Hall–Kier alpha value is -1.30. The van der Waals surface area contributed by atoms with Crippen molar-refractivity contribution in [1.82, 2.24) is 4.98 Å². The first-order valence-corrected chi connectivity index (χ1v) is 7.28. The summed E-state index contributed by atoms with van der Waals surface area (Å²) in [5.41, 5.74) is 0.0511. The van der Waals surface area contributed by atoms with Gasteiger partial charge in [0.05, 0.1) is 16.5 Å². The number of amides is 1. The maximum absolute atomic E-state index is 13.4. The molecule has 0 atom stereocenters. The molecule has 2 rings (SSSR count). The summed E-state index contributed by atoms with van der Waals surface area (Å²) in [6.07, 6.45) is 1.59. The van der Waals surface area contributed by atoms with Crippen LogP contribution in [-0.2, 0) is 4.79 Å². The van der Waals surface area contributed by atoms with Crippen LogP contribution in [0.1, 0.15) is 0 Å². The highest BCUT2D eigenvalue weighted by molar-refractivity contribution is 8.00. The summed E-state index contributed by atoms with van der Waals surface area (Å²) < 4.78 is 13.4. The highest BCUT2D eigenvalue weighted by Crippen LogP contribution is 2.24. The largest absolute Gasteiger partial charge is 0.323 e. The molecule has 0 unspecified atom stereocenters. The SMILES string of the molecule is O=C(CSc1ncccc1Cl)Nc1cc(Cl)ccc1F. The van der Waals surface area contributed by atoms with Crippen molar-refractivity contribution in [3.05, 3.63) is 52.4 Å². The fourth-order valence-electron chi connectivity index (χ4n) is 1.39. The molecule has 1 amide bonds. The summed E-state index contributed by atoms with van der Waals surface area (Å²) in [4.78, 5) is 15.8. The van der Waals surface area contributed by atoms with Crippen LogP contribution in [0.25, 0.3) is 0 Å². The second-order valence-corrected chi connectivity index (χ2v) is 5.56. The number of nitrogens with one attached hydrogen (secondary N) is 1. The van der Waals surface area contributed by atoms with Gasteiger partial charge < -0.3 is 5.32 Å². The Morgan fingerprint density at radius 3 is 2.90 bits per heavy atom. The van der Waals surface area contributed by atoms with Gasteiger partial charge in [0.25, 0.3) is 0 Å². The van der Waals surface area contributed by atoms with Crippen molar-refractivity contribution < 1.29 is 9.18 Å². The second kappa shape index (κ2) is 6.92. The third-order valence-corrected chi connectivity index (χ3v) is 3.92. The Morgan fingerprint density at radius 2 is 2.15 bits per heavy atom. The molecule has 0 aliphatic carbocycles. The molecule has 7 heteroatoms. The van der Waals surface area contributed by atoms with E-state index < -0.39 is 5.82 Å². The number of halogens is 3. The van der Waals surface area contributed by atoms with Crippen LogP contribution in [0.5, 0.6) is 0 Å². The average Bonchev–Trinajstić information content (AvgIpc) is 2.42. The van der Waals surface area contributed by atoms with Gasteiger partial charge >= 0.3 is 0 Å². The molecule has 0 aliphatic heterocycles. The van der Waals surface area contributed by atoms with Crippen molar-refractivity contribution in [3.63, 3.8) is 0 Å². The van der Waals surface area contributed by atoms with Gasteiger partial charge in [-0.25, -0.2) is 9.37 Å². The molecule has 2 aromatic rings. The molecular weight excluding hydrogens is 322 g/mol. The number of carbonyl (C=O) groups is 1. The van der Waals surface area contributed by atoms with Crippen LogP contribution < -0.4 is 5.32 Å². The van der Waals surface area contributed by atoms with E-state index in [1.165, 1.54) is 30.0 Å². The Balaban J connectivity index is 1.96. The van der Waals surface area contributed by atoms with Crippen LogP contribution in [0.4, 0.5) is 10.1 Å². The smallest absolute Gasteiger partial charge is 0.234 e. The molecule has 0 spiro atoms. The topological polar surface area (TPSA) is 42.0 Å². The van der Waals surface area contributed by atoms with Crippen molar-refractivity contribution in [3.8, 4) is 0 Å². The lowest BCUT2D eigenvalue weighted by molar-refractivity contribution is -0.113. The highest BCUT2D eigenvalue weighted by atomic mass is 35.5. The standard InChI is InChI=1S/C13H9Cl2FN2OS/c14-8-3-4-10(16)11(6-8)18-12(19)7-20-13-9(15)2-1-5-17-13/h1-6H,7H2,(H,18,19). The number of benzene rings is 1. The predicted octanol–water partition coefficient (Wildman–Crippen LogP) is 4.26. The molecule has 3 nitrogen and oxygen atoms in total. The van der Waals surface area contributed by atoms with Gasteiger partial charge in [0.1, 0.15) is 10.8 Å². The Labute approximate surface area is 129 Å². The van der Waals surface area contributed by atoms with Crippen LogP contribution in [0.15, 0.2) is 41.6 Å². The van der Waals surface area contributed by atoms with E-state index in [4.69, 9.17) is 23.2 Å². The maximum Gasteiger partial charge on any atom is 0.234 e. The van der Waals surface area contributed by atoms with Crippen molar-refractivity contribution in [2.75, 3.05) is 11.1 Å². The summed E-state index contributed by atoms with van der Waals surface area (Å²) in [5, 5.41) is 3.82. The van der Waals surface area contributed by atoms with Crippen molar-refractivity contribution in [2.45, 2.75) is 5.03 Å². The Bertz CT molecular complexity index is 640. The predicted molar refractivity (Wildman–Crippen MR) is 80.0 cm³/mol. The minimum absolute atomic E-state index is 0.0511. The first-order valence-electron chi connectivity index (χ1n) is 5.54. The number of hydrogen-bond acceptors (Lipinski definition) is 3. The molecule has 1 aromatic carbocycles. The van der Waals surface area contributed by atoms with E-state index in [1.54, 1.807) is 18.3 Å². The molecule has 20 heavy (non-hydrogen) atoms. The van der Waals surface area contributed by atoms with E-state index in [9.17, 15) is 9.18 Å². The van der Waals surface area contributed by atoms with Crippen molar-refractivity contribution in [2.24, 2.45) is 0 Å². The molecule has 0 bridgehead atoms. The van der Waals surface area contributed by atoms with Gasteiger partial charge in [-0.3, -0.25) is 4.79 Å². The van der Waals surface area contributed by atoms with Gasteiger partial charge in [-0.2, -0.15) is 0 Å². The third-order valence-electron chi connectivity index (χ3n) is 2.27. The first-order chi connectivity index (χ1) is 9.56. The fourth-order valence-corrected chi connectivity index (χ4v) is 2.53. The highest BCUT2D eigenvalue weighted by Gasteiger charge is 2.10. The van der Waals surface area contributed by atoms with Gasteiger partial charge in [0, 0.05) is 11.2 Å². The monoisotopic (exact) mass is 330 g/mol. The number of rotatable bonds is 4. The van der Waals surface area contributed by atoms with Crippen LogP contribution in [-0.4, -0.2) is 16.6 Å². The lowest BCUT2D eigenvalue weighted by Crippen LogP contribution is -2.15. The normalized spacial score (nSPS) is 10.3. The quantitative estimate of drug-likeness (QED) is 0.851. The molecular formula is C13H9Cl2FN2OS. The van der Waals surface area contributed by atoms with Crippen LogP contribution >= 0.6 is 35.0 Å². The van der Waals surface area contributed by atoms with Crippen LogP contribution in [0, 0.1) is 5.82 Å². The van der Waals surface area contributed by atoms with Gasteiger partial charge in [-0.15, -0.1) is 0 Å². The molecule has 0 radical (unpaired) electrons. The summed E-state index contributed by atoms with van der Waals surface area (Å²) in [6, 6.07) is 7.35. The van der Waals surface area contributed by atoms with Gasteiger partial charge in [0.2, 0.25) is 5.91 Å². The van der Waals surface area contributed by atoms with E-state index in [0.29, 0.717) is 15.1 Å². The van der Waals surface area contributed by atoms with Crippen molar-refractivity contribution >= 4 is 46.6 Å². The van der Waals surface area contributed by atoms with Gasteiger partial charge in [-0.1, -0.05) is 35.0 Å². The molecule has 0 saturated carbocycles. The minimum Gasteiger partial charge on any atom is -0.323 e. The van der Waals surface area contributed by atoms with E-state index in [2.05, 4.69) is 10.3 Å². The Kier molecular flexibility index (Phi) is 5.23. The maximum atomic E-state index is 13.4. The molecule has 0 aliphatic rings. The minimum atomic E-state index is -0.538. The molecule has 1 N–H and O–H groups in total. The number of pyridine rings is 1. The summed E-state index contributed by atoms with van der Waals surface area (Å²) in [6.45, 7) is 0. The number of aromatic nitrogens is 1. The summed E-state index contributed by atoms with van der Waals surface area (Å²) in [7, 11) is 0. The first kappa shape index (κ1) is 15.1. The molecule has 104 valence electrons. The van der Waals surface area contributed by atoms with Gasteiger partial charge in [0.15, 0.2) is 0 Å². The zero-order valence-corrected chi connectivity index (χ0v) is 12.4. The Morgan fingerprint density at radius 1 is 1.35 bits per heavy atom. The fraction of sp³-hybridized carbons (Fsp3) is 0.0769. The lowest BCUT2D eigenvalue weighted by Gasteiger charge is -2.07. The van der Waals surface area contributed by atoms with E-state index in [1.807, 2.05) is 0 Å².